The summed E-state index contributed by atoms with van der Waals surface area (Å²) in [6.45, 7) is 2.58. The van der Waals surface area contributed by atoms with Gasteiger partial charge in [0.25, 0.3) is 0 Å². The molecule has 0 bridgehead atoms. The van der Waals surface area contributed by atoms with Crippen LogP contribution in [0.1, 0.15) is 39.0 Å². The van der Waals surface area contributed by atoms with Crippen molar-refractivity contribution in [1.29, 1.82) is 5.26 Å². The number of piperidine rings is 1. The summed E-state index contributed by atoms with van der Waals surface area (Å²) >= 11 is 0. The summed E-state index contributed by atoms with van der Waals surface area (Å²) in [5, 5.41) is 9.27. The summed E-state index contributed by atoms with van der Waals surface area (Å²) in [7, 11) is 0. The number of nitrogens with zero attached hydrogens (tertiary/aromatic N) is 2. The number of rotatable bonds is 2. The average molecular weight is 249 g/mol. The Morgan fingerprint density at radius 3 is 2.56 bits per heavy atom. The van der Waals surface area contributed by atoms with Crippen LogP contribution in [0.15, 0.2) is 0 Å². The van der Waals surface area contributed by atoms with Gasteiger partial charge in [-0.25, -0.2) is 0 Å². The molecule has 1 heterocycles. The molecule has 1 saturated heterocycles. The molecule has 2 rings (SSSR count). The van der Waals surface area contributed by atoms with Crippen molar-refractivity contribution in [2.24, 2.45) is 17.1 Å². The van der Waals surface area contributed by atoms with Crippen molar-refractivity contribution in [3.8, 4) is 6.07 Å². The first-order valence-corrected chi connectivity index (χ1v) is 6.52. The van der Waals surface area contributed by atoms with Gasteiger partial charge in [-0.1, -0.05) is 6.92 Å². The Kier molecular flexibility index (Phi) is 3.29. The van der Waals surface area contributed by atoms with Crippen molar-refractivity contribution < 1.29 is 9.59 Å². The molecular weight excluding hydrogens is 230 g/mol. The van der Waals surface area contributed by atoms with Gasteiger partial charge in [0.15, 0.2) is 0 Å². The van der Waals surface area contributed by atoms with Crippen LogP contribution in [-0.2, 0) is 9.59 Å². The standard InChI is InChI=1S/C13H19N3O2/c1-9-6-13(7-9,8-14)12(18)16-5-3-2-4-10(16)11(15)17/h9-10H,2-7H2,1H3,(H2,15,17). The van der Waals surface area contributed by atoms with E-state index in [1.807, 2.05) is 6.92 Å². The molecule has 5 heteroatoms. The quantitative estimate of drug-likeness (QED) is 0.785. The Morgan fingerprint density at radius 2 is 2.06 bits per heavy atom. The Balaban J connectivity index is 2.16. The lowest BCUT2D eigenvalue weighted by Crippen LogP contribution is -2.57. The van der Waals surface area contributed by atoms with Crippen molar-refractivity contribution >= 4 is 11.8 Å². The molecule has 1 atom stereocenters. The molecular formula is C13H19N3O2. The van der Waals surface area contributed by atoms with Gasteiger partial charge in [-0.3, -0.25) is 9.59 Å². The largest absolute Gasteiger partial charge is 0.368 e. The van der Waals surface area contributed by atoms with Crippen LogP contribution >= 0.6 is 0 Å². The maximum Gasteiger partial charge on any atom is 0.243 e. The average Bonchev–Trinajstić information content (AvgIpc) is 2.33. The first-order chi connectivity index (χ1) is 8.50. The monoisotopic (exact) mass is 249 g/mol. The lowest BCUT2D eigenvalue weighted by molar-refractivity contribution is -0.152. The molecule has 2 amide bonds. The molecule has 2 N–H and O–H groups in total. The van der Waals surface area contributed by atoms with Gasteiger partial charge in [-0.05, 0) is 38.0 Å². The number of hydrogen-bond acceptors (Lipinski definition) is 3. The van der Waals surface area contributed by atoms with Gasteiger partial charge in [0.05, 0.1) is 6.07 Å². The molecule has 0 aromatic heterocycles. The number of hydrogen-bond donors (Lipinski definition) is 1. The first-order valence-electron chi connectivity index (χ1n) is 6.52. The predicted molar refractivity (Wildman–Crippen MR) is 65.0 cm³/mol. The van der Waals surface area contributed by atoms with E-state index in [2.05, 4.69) is 6.07 Å². The van der Waals surface area contributed by atoms with Crippen LogP contribution < -0.4 is 5.73 Å². The van der Waals surface area contributed by atoms with E-state index in [1.54, 1.807) is 4.90 Å². The third kappa shape index (κ3) is 1.96. The summed E-state index contributed by atoms with van der Waals surface area (Å²) in [5.74, 6) is -0.236. The van der Waals surface area contributed by atoms with Crippen LogP contribution in [-0.4, -0.2) is 29.3 Å². The zero-order valence-corrected chi connectivity index (χ0v) is 10.7. The number of primary amides is 1. The second-order valence-electron chi connectivity index (χ2n) is 5.62. The minimum atomic E-state index is -0.898. The van der Waals surface area contributed by atoms with Crippen LogP contribution in [0.5, 0.6) is 0 Å². The van der Waals surface area contributed by atoms with Gasteiger partial charge >= 0.3 is 0 Å². The zero-order valence-electron chi connectivity index (χ0n) is 10.7. The number of carbonyl (C=O) groups is 2. The molecule has 2 fully saturated rings. The third-order valence-corrected chi connectivity index (χ3v) is 4.11. The van der Waals surface area contributed by atoms with Crippen LogP contribution in [0, 0.1) is 22.7 Å². The number of likely N-dealkylation sites (tertiary alicyclic amines) is 1. The van der Waals surface area contributed by atoms with Crippen molar-refractivity contribution in [3.05, 3.63) is 0 Å². The minimum absolute atomic E-state index is 0.188. The lowest BCUT2D eigenvalue weighted by atomic mass is 9.62. The highest BCUT2D eigenvalue weighted by Crippen LogP contribution is 2.46. The highest BCUT2D eigenvalue weighted by atomic mass is 16.2. The highest BCUT2D eigenvalue weighted by molar-refractivity contribution is 5.91. The van der Waals surface area contributed by atoms with Crippen LogP contribution in [0.3, 0.4) is 0 Å². The van der Waals surface area contributed by atoms with Crippen molar-refractivity contribution in [2.45, 2.75) is 45.1 Å². The second-order valence-corrected chi connectivity index (χ2v) is 5.62. The van der Waals surface area contributed by atoms with E-state index < -0.39 is 17.4 Å². The summed E-state index contributed by atoms with van der Waals surface area (Å²) in [6.07, 6.45) is 3.62. The minimum Gasteiger partial charge on any atom is -0.368 e. The van der Waals surface area contributed by atoms with Gasteiger partial charge < -0.3 is 10.6 Å². The smallest absolute Gasteiger partial charge is 0.243 e. The summed E-state index contributed by atoms with van der Waals surface area (Å²) in [5.41, 5.74) is 4.45. The van der Waals surface area contributed by atoms with Crippen molar-refractivity contribution in [2.75, 3.05) is 6.54 Å². The van der Waals surface area contributed by atoms with Gasteiger partial charge in [-0.15, -0.1) is 0 Å². The summed E-state index contributed by atoms with van der Waals surface area (Å²) < 4.78 is 0. The molecule has 5 nitrogen and oxygen atoms in total. The zero-order chi connectivity index (χ0) is 13.3. The van der Waals surface area contributed by atoms with Crippen LogP contribution in [0.2, 0.25) is 0 Å². The molecule has 0 aromatic carbocycles. The molecule has 1 saturated carbocycles. The molecule has 1 aliphatic carbocycles. The fourth-order valence-corrected chi connectivity index (χ4v) is 3.19. The van der Waals surface area contributed by atoms with Gasteiger partial charge in [0, 0.05) is 6.54 Å². The Labute approximate surface area is 107 Å². The third-order valence-electron chi connectivity index (χ3n) is 4.11. The van der Waals surface area contributed by atoms with E-state index in [1.165, 1.54) is 0 Å². The Morgan fingerprint density at radius 1 is 1.39 bits per heavy atom. The normalized spacial score (nSPS) is 35.4. The van der Waals surface area contributed by atoms with E-state index in [9.17, 15) is 14.9 Å². The van der Waals surface area contributed by atoms with Crippen LogP contribution in [0.25, 0.3) is 0 Å². The Bertz CT molecular complexity index is 407. The molecule has 0 radical (unpaired) electrons. The molecule has 1 aliphatic heterocycles. The Hall–Kier alpha value is -1.57. The first kappa shape index (κ1) is 12.9. The fourth-order valence-electron chi connectivity index (χ4n) is 3.19. The van der Waals surface area contributed by atoms with E-state index in [-0.39, 0.29) is 5.91 Å². The SMILES string of the molecule is CC1CC(C#N)(C(=O)N2CCCCC2C(N)=O)C1. The highest BCUT2D eigenvalue weighted by Gasteiger charge is 2.52. The van der Waals surface area contributed by atoms with Crippen molar-refractivity contribution in [1.82, 2.24) is 4.90 Å². The number of nitrogens with two attached hydrogens (primary N) is 1. The van der Waals surface area contributed by atoms with E-state index in [0.717, 1.165) is 12.8 Å². The van der Waals surface area contributed by atoms with Gasteiger partial charge in [0.1, 0.15) is 11.5 Å². The molecule has 0 aromatic rings. The fraction of sp³-hybridized carbons (Fsp3) is 0.769. The predicted octanol–water partition coefficient (Wildman–Crippen LogP) is 0.793. The summed E-state index contributed by atoms with van der Waals surface area (Å²) in [6, 6.07) is 1.64. The second kappa shape index (κ2) is 4.60. The topological polar surface area (TPSA) is 87.2 Å². The number of amides is 2. The lowest BCUT2D eigenvalue weighted by Gasteiger charge is -2.45. The number of carbonyl (C=O) groups excluding carboxylic acids is 2. The van der Waals surface area contributed by atoms with Gasteiger partial charge in [-0.2, -0.15) is 5.26 Å². The molecule has 0 spiro atoms. The number of nitriles is 1. The van der Waals surface area contributed by atoms with E-state index in [0.29, 0.717) is 31.7 Å². The van der Waals surface area contributed by atoms with Crippen molar-refractivity contribution in [3.63, 3.8) is 0 Å². The summed E-state index contributed by atoms with van der Waals surface area (Å²) in [4.78, 5) is 25.4. The molecule has 1 unspecified atom stereocenters. The molecule has 98 valence electrons. The van der Waals surface area contributed by atoms with E-state index in [4.69, 9.17) is 5.73 Å². The maximum atomic E-state index is 12.5. The van der Waals surface area contributed by atoms with Crippen LogP contribution in [0.4, 0.5) is 0 Å². The molecule has 18 heavy (non-hydrogen) atoms. The van der Waals surface area contributed by atoms with E-state index >= 15 is 0 Å². The maximum absolute atomic E-state index is 12.5. The van der Waals surface area contributed by atoms with Gasteiger partial charge in [0.2, 0.25) is 11.8 Å². The molecule has 2 aliphatic rings.